The maximum atomic E-state index is 4.59. The highest BCUT2D eigenvalue weighted by atomic mass is 15.3. The lowest BCUT2D eigenvalue weighted by molar-refractivity contribution is 0.195. The van der Waals surface area contributed by atoms with Crippen LogP contribution in [0.15, 0.2) is 60.9 Å². The van der Waals surface area contributed by atoms with Crippen molar-refractivity contribution >= 4 is 16.6 Å². The van der Waals surface area contributed by atoms with Crippen molar-refractivity contribution in [3.05, 3.63) is 66.6 Å². The zero-order chi connectivity index (χ0) is 16.4. The third-order valence-electron chi connectivity index (χ3n) is 4.93. The predicted octanol–water partition coefficient (Wildman–Crippen LogP) is 3.51. The summed E-state index contributed by atoms with van der Waals surface area (Å²) in [5, 5.41) is 1.21. The molecule has 1 saturated heterocycles. The van der Waals surface area contributed by atoms with Crippen LogP contribution in [0.25, 0.3) is 10.9 Å². The molecule has 0 aliphatic carbocycles. The molecule has 0 bridgehead atoms. The molecule has 4 nitrogen and oxygen atoms in total. The molecule has 0 N–H and O–H groups in total. The average molecular weight is 318 g/mol. The van der Waals surface area contributed by atoms with Gasteiger partial charge in [-0.1, -0.05) is 24.3 Å². The second-order valence-electron chi connectivity index (χ2n) is 6.31. The van der Waals surface area contributed by atoms with E-state index in [1.165, 1.54) is 11.1 Å². The molecule has 4 heteroatoms. The zero-order valence-electron chi connectivity index (χ0n) is 14.0. The summed E-state index contributed by atoms with van der Waals surface area (Å²) in [7, 11) is 0. The van der Waals surface area contributed by atoms with E-state index in [-0.39, 0.29) is 0 Å². The summed E-state index contributed by atoms with van der Waals surface area (Å²) in [5.41, 5.74) is 3.50. The number of para-hydroxylation sites is 1. The second kappa shape index (κ2) is 6.57. The van der Waals surface area contributed by atoms with Crippen LogP contribution in [0.4, 0.5) is 5.69 Å². The van der Waals surface area contributed by atoms with Gasteiger partial charge in [0.25, 0.3) is 0 Å². The van der Waals surface area contributed by atoms with E-state index >= 15 is 0 Å². The van der Waals surface area contributed by atoms with Crippen molar-refractivity contribution in [1.29, 1.82) is 0 Å². The van der Waals surface area contributed by atoms with Crippen LogP contribution >= 0.6 is 0 Å². The average Bonchev–Trinajstić information content (AvgIpc) is 2.68. The maximum Gasteiger partial charge on any atom is 0.0935 e. The van der Waals surface area contributed by atoms with Crippen molar-refractivity contribution in [2.75, 3.05) is 31.1 Å². The van der Waals surface area contributed by atoms with Gasteiger partial charge in [0.1, 0.15) is 0 Å². The van der Waals surface area contributed by atoms with E-state index in [4.69, 9.17) is 0 Å². The van der Waals surface area contributed by atoms with Crippen molar-refractivity contribution in [2.24, 2.45) is 0 Å². The fourth-order valence-electron chi connectivity index (χ4n) is 3.50. The summed E-state index contributed by atoms with van der Waals surface area (Å²) in [4.78, 5) is 14.1. The highest BCUT2D eigenvalue weighted by molar-refractivity contribution is 5.90. The summed E-state index contributed by atoms with van der Waals surface area (Å²) < 4.78 is 0. The van der Waals surface area contributed by atoms with E-state index in [0.29, 0.717) is 6.04 Å². The van der Waals surface area contributed by atoms with Crippen LogP contribution in [-0.4, -0.2) is 41.0 Å². The van der Waals surface area contributed by atoms with Crippen molar-refractivity contribution in [2.45, 2.75) is 13.0 Å². The number of hydrogen-bond donors (Lipinski definition) is 0. The van der Waals surface area contributed by atoms with Gasteiger partial charge in [0.2, 0.25) is 0 Å². The Balaban J connectivity index is 1.50. The van der Waals surface area contributed by atoms with Crippen molar-refractivity contribution in [3.63, 3.8) is 0 Å². The molecule has 4 rings (SSSR count). The Hall–Kier alpha value is -2.46. The number of fused-ring (bicyclic) bond motifs is 1. The van der Waals surface area contributed by atoms with E-state index < -0.39 is 0 Å². The van der Waals surface area contributed by atoms with Crippen LogP contribution < -0.4 is 4.90 Å². The molecule has 1 aromatic carbocycles. The van der Waals surface area contributed by atoms with E-state index in [1.54, 1.807) is 0 Å². The number of nitrogens with zero attached hydrogens (tertiary/aromatic N) is 4. The van der Waals surface area contributed by atoms with Crippen LogP contribution in [0.3, 0.4) is 0 Å². The number of pyridine rings is 2. The number of anilines is 1. The first kappa shape index (κ1) is 15.1. The number of aromatic nitrogens is 2. The monoisotopic (exact) mass is 318 g/mol. The van der Waals surface area contributed by atoms with E-state index in [9.17, 15) is 0 Å². The van der Waals surface area contributed by atoms with Gasteiger partial charge in [0.05, 0.1) is 16.9 Å². The van der Waals surface area contributed by atoms with E-state index in [1.807, 2.05) is 24.5 Å². The summed E-state index contributed by atoms with van der Waals surface area (Å²) in [5.74, 6) is 0. The predicted molar refractivity (Wildman–Crippen MR) is 98.2 cm³/mol. The van der Waals surface area contributed by atoms with Crippen LogP contribution in [0.5, 0.6) is 0 Å². The van der Waals surface area contributed by atoms with Crippen LogP contribution in [0.1, 0.15) is 18.7 Å². The fraction of sp³-hybridized carbons (Fsp3) is 0.300. The third-order valence-corrected chi connectivity index (χ3v) is 4.93. The SMILES string of the molecule is CC(c1ccccn1)N1CCN(c2cccc3cccnc23)CC1. The normalized spacial score (nSPS) is 17.1. The summed E-state index contributed by atoms with van der Waals surface area (Å²) >= 11 is 0. The Morgan fingerprint density at radius 2 is 1.62 bits per heavy atom. The molecule has 1 fully saturated rings. The minimum Gasteiger partial charge on any atom is -0.367 e. The lowest BCUT2D eigenvalue weighted by atomic mass is 10.1. The zero-order valence-corrected chi connectivity index (χ0v) is 14.0. The molecular weight excluding hydrogens is 296 g/mol. The molecule has 0 saturated carbocycles. The standard InChI is InChI=1S/C20H22N4/c1-16(18-8-2-3-10-21-18)23-12-14-24(15-13-23)19-9-4-6-17-7-5-11-22-20(17)19/h2-11,16H,12-15H2,1H3. The van der Waals surface area contributed by atoms with Crippen LogP contribution in [0.2, 0.25) is 0 Å². The molecule has 2 aromatic heterocycles. The second-order valence-corrected chi connectivity index (χ2v) is 6.31. The molecule has 0 radical (unpaired) electrons. The first-order chi connectivity index (χ1) is 11.8. The molecule has 1 atom stereocenters. The quantitative estimate of drug-likeness (QED) is 0.740. The number of rotatable bonds is 3. The number of benzene rings is 1. The Kier molecular flexibility index (Phi) is 4.13. The van der Waals surface area contributed by atoms with Gasteiger partial charge in [-0.3, -0.25) is 14.9 Å². The van der Waals surface area contributed by atoms with Crippen molar-refractivity contribution in [1.82, 2.24) is 14.9 Å². The molecule has 24 heavy (non-hydrogen) atoms. The van der Waals surface area contributed by atoms with Crippen molar-refractivity contribution in [3.8, 4) is 0 Å². The number of piperazine rings is 1. The fourth-order valence-corrected chi connectivity index (χ4v) is 3.50. The first-order valence-corrected chi connectivity index (χ1v) is 8.56. The first-order valence-electron chi connectivity index (χ1n) is 8.56. The van der Waals surface area contributed by atoms with Crippen molar-refractivity contribution < 1.29 is 0 Å². The Morgan fingerprint density at radius 3 is 2.42 bits per heavy atom. The van der Waals surface area contributed by atoms with Gasteiger partial charge in [-0.25, -0.2) is 0 Å². The molecule has 3 heterocycles. The third kappa shape index (κ3) is 2.85. The molecule has 0 amide bonds. The topological polar surface area (TPSA) is 32.3 Å². The Morgan fingerprint density at radius 1 is 0.833 bits per heavy atom. The van der Waals surface area contributed by atoms with Gasteiger partial charge >= 0.3 is 0 Å². The lowest BCUT2D eigenvalue weighted by Crippen LogP contribution is -2.47. The molecule has 3 aromatic rings. The maximum absolute atomic E-state index is 4.59. The largest absolute Gasteiger partial charge is 0.367 e. The molecule has 1 aliphatic rings. The van der Waals surface area contributed by atoms with Gasteiger partial charge in [-0.05, 0) is 31.2 Å². The Bertz CT molecular complexity index is 805. The van der Waals surface area contributed by atoms with Gasteiger partial charge in [0, 0.05) is 50.0 Å². The van der Waals surface area contributed by atoms with E-state index in [2.05, 4.69) is 63.1 Å². The summed E-state index contributed by atoms with van der Waals surface area (Å²) in [6.45, 7) is 6.37. The lowest BCUT2D eigenvalue weighted by Gasteiger charge is -2.39. The van der Waals surface area contributed by atoms with Gasteiger partial charge in [0.15, 0.2) is 0 Å². The van der Waals surface area contributed by atoms with Gasteiger partial charge < -0.3 is 4.90 Å². The van der Waals surface area contributed by atoms with Gasteiger partial charge in [-0.2, -0.15) is 0 Å². The highest BCUT2D eigenvalue weighted by Crippen LogP contribution is 2.27. The highest BCUT2D eigenvalue weighted by Gasteiger charge is 2.23. The molecule has 122 valence electrons. The summed E-state index contributed by atoms with van der Waals surface area (Å²) in [6.07, 6.45) is 3.76. The number of hydrogen-bond acceptors (Lipinski definition) is 4. The Labute approximate surface area is 142 Å². The minimum absolute atomic E-state index is 0.360. The van der Waals surface area contributed by atoms with Crippen LogP contribution in [-0.2, 0) is 0 Å². The van der Waals surface area contributed by atoms with Gasteiger partial charge in [-0.15, -0.1) is 0 Å². The minimum atomic E-state index is 0.360. The summed E-state index contributed by atoms with van der Waals surface area (Å²) in [6, 6.07) is 17.1. The van der Waals surface area contributed by atoms with E-state index in [0.717, 1.165) is 37.4 Å². The molecule has 1 aliphatic heterocycles. The molecule has 0 spiro atoms. The smallest absolute Gasteiger partial charge is 0.0935 e. The van der Waals surface area contributed by atoms with Crippen LogP contribution in [0, 0.1) is 0 Å². The molecular formula is C20H22N4. The molecule has 1 unspecified atom stereocenters.